The molecule has 1 heterocycles. The van der Waals surface area contributed by atoms with Gasteiger partial charge in [0.25, 0.3) is 5.56 Å². The van der Waals surface area contributed by atoms with Crippen molar-refractivity contribution in [1.29, 1.82) is 0 Å². The van der Waals surface area contributed by atoms with E-state index in [9.17, 15) is 4.79 Å². The molecule has 140 valence electrons. The summed E-state index contributed by atoms with van der Waals surface area (Å²) in [4.78, 5) is 12.5. The van der Waals surface area contributed by atoms with Gasteiger partial charge in [0, 0.05) is 12.7 Å². The summed E-state index contributed by atoms with van der Waals surface area (Å²) in [6.45, 7) is 4.94. The number of ether oxygens (including phenoxy) is 1. The zero-order valence-electron chi connectivity index (χ0n) is 15.7. The molecule has 0 saturated carbocycles. The van der Waals surface area contributed by atoms with Crippen LogP contribution < -0.4 is 10.3 Å². The van der Waals surface area contributed by atoms with Crippen LogP contribution in [0.4, 0.5) is 0 Å². The van der Waals surface area contributed by atoms with E-state index >= 15 is 0 Å². The van der Waals surface area contributed by atoms with Gasteiger partial charge in [0.1, 0.15) is 6.61 Å². The number of nitrogens with zero attached hydrogens (tertiary/aromatic N) is 1. The van der Waals surface area contributed by atoms with Gasteiger partial charge in [-0.25, -0.2) is 0 Å². The molecule has 2 rings (SSSR count). The van der Waals surface area contributed by atoms with Crippen molar-refractivity contribution in [2.24, 2.45) is 0 Å². The van der Waals surface area contributed by atoms with E-state index in [0.29, 0.717) is 12.4 Å². The average Bonchev–Trinajstić information content (AvgIpc) is 2.68. The summed E-state index contributed by atoms with van der Waals surface area (Å²) in [5.74, 6) is 0.429. The molecular weight excluding hydrogens is 322 g/mol. The summed E-state index contributed by atoms with van der Waals surface area (Å²) in [5, 5.41) is 0. The van der Waals surface area contributed by atoms with Crippen molar-refractivity contribution in [3.05, 3.63) is 77.2 Å². The number of benzene rings is 1. The molecule has 0 aliphatic rings. The molecule has 0 saturated heterocycles. The van der Waals surface area contributed by atoms with Crippen molar-refractivity contribution in [2.75, 3.05) is 0 Å². The predicted molar refractivity (Wildman–Crippen MR) is 109 cm³/mol. The second-order valence-electron chi connectivity index (χ2n) is 6.70. The molecule has 0 bridgehead atoms. The van der Waals surface area contributed by atoms with E-state index in [1.807, 2.05) is 48.7 Å². The topological polar surface area (TPSA) is 31.2 Å². The molecule has 0 N–H and O–H groups in total. The molecule has 0 aliphatic heterocycles. The van der Waals surface area contributed by atoms with Crippen molar-refractivity contribution >= 4 is 0 Å². The number of aryl methyl sites for hydroxylation is 1. The summed E-state index contributed by atoms with van der Waals surface area (Å²) < 4.78 is 7.48. The van der Waals surface area contributed by atoms with Crippen LogP contribution in [-0.4, -0.2) is 4.57 Å². The number of aromatic nitrogens is 1. The Balaban J connectivity index is 1.69. The van der Waals surface area contributed by atoms with Crippen molar-refractivity contribution in [2.45, 2.75) is 64.5 Å². The molecule has 0 radical (unpaired) electrons. The number of hydrogen-bond acceptors (Lipinski definition) is 2. The van der Waals surface area contributed by atoms with Crippen LogP contribution in [0.5, 0.6) is 5.75 Å². The molecule has 1 aromatic heterocycles. The van der Waals surface area contributed by atoms with E-state index in [0.717, 1.165) is 24.9 Å². The lowest BCUT2D eigenvalue weighted by molar-refractivity contribution is 0.298. The highest BCUT2D eigenvalue weighted by Gasteiger charge is 2.04. The molecule has 26 heavy (non-hydrogen) atoms. The van der Waals surface area contributed by atoms with Crippen LogP contribution in [0, 0.1) is 0 Å². The third-order valence-corrected chi connectivity index (χ3v) is 4.53. The SMILES string of the molecule is C=CCCCCCCCCCn1cccc(OCc2ccccc2)c1=O. The fraction of sp³-hybridized carbons (Fsp3) is 0.435. The van der Waals surface area contributed by atoms with Gasteiger partial charge in [-0.05, 0) is 37.0 Å². The molecule has 0 unspecified atom stereocenters. The number of pyridine rings is 1. The van der Waals surface area contributed by atoms with E-state index in [4.69, 9.17) is 4.74 Å². The lowest BCUT2D eigenvalue weighted by Gasteiger charge is -2.09. The first-order chi connectivity index (χ1) is 12.8. The Bertz CT molecular complexity index is 691. The van der Waals surface area contributed by atoms with Gasteiger partial charge in [0.05, 0.1) is 0 Å². The third-order valence-electron chi connectivity index (χ3n) is 4.53. The number of unbranched alkanes of at least 4 members (excludes halogenated alkanes) is 7. The van der Waals surface area contributed by atoms with Gasteiger partial charge in [-0.1, -0.05) is 68.5 Å². The second kappa shape index (κ2) is 12.1. The van der Waals surface area contributed by atoms with Crippen molar-refractivity contribution < 1.29 is 4.74 Å². The molecule has 2 aromatic rings. The molecule has 1 aromatic carbocycles. The standard InChI is InChI=1S/C23H31NO2/c1-2-3-4-5-6-7-8-9-13-18-24-19-14-17-22(23(24)25)26-20-21-15-11-10-12-16-21/h2,10-12,14-17,19H,1,3-9,13,18,20H2. The van der Waals surface area contributed by atoms with Crippen LogP contribution in [0.2, 0.25) is 0 Å². The lowest BCUT2D eigenvalue weighted by atomic mass is 10.1. The lowest BCUT2D eigenvalue weighted by Crippen LogP contribution is -2.21. The monoisotopic (exact) mass is 353 g/mol. The highest BCUT2D eigenvalue weighted by Crippen LogP contribution is 2.10. The number of allylic oxidation sites excluding steroid dienone is 1. The molecule has 0 spiro atoms. The van der Waals surface area contributed by atoms with E-state index < -0.39 is 0 Å². The van der Waals surface area contributed by atoms with Gasteiger partial charge in [-0.15, -0.1) is 6.58 Å². The third kappa shape index (κ3) is 7.30. The maximum absolute atomic E-state index is 12.5. The van der Waals surface area contributed by atoms with Gasteiger partial charge in [0.2, 0.25) is 0 Å². The van der Waals surface area contributed by atoms with Gasteiger partial charge in [-0.2, -0.15) is 0 Å². The van der Waals surface area contributed by atoms with Crippen molar-refractivity contribution in [1.82, 2.24) is 4.57 Å². The minimum absolute atomic E-state index is 0.0344. The summed E-state index contributed by atoms with van der Waals surface area (Å²) in [7, 11) is 0. The second-order valence-corrected chi connectivity index (χ2v) is 6.70. The van der Waals surface area contributed by atoms with Crippen molar-refractivity contribution in [3.63, 3.8) is 0 Å². The zero-order chi connectivity index (χ0) is 18.5. The first-order valence-corrected chi connectivity index (χ1v) is 9.78. The molecule has 0 aliphatic carbocycles. The highest BCUT2D eigenvalue weighted by atomic mass is 16.5. The normalized spacial score (nSPS) is 10.6. The van der Waals surface area contributed by atoms with E-state index in [1.54, 1.807) is 10.6 Å². The Hall–Kier alpha value is -2.29. The Morgan fingerprint density at radius 3 is 2.31 bits per heavy atom. The van der Waals surface area contributed by atoms with Crippen LogP contribution >= 0.6 is 0 Å². The molecule has 0 amide bonds. The van der Waals surface area contributed by atoms with E-state index in [-0.39, 0.29) is 5.56 Å². The Kier molecular flexibility index (Phi) is 9.34. The van der Waals surface area contributed by atoms with Crippen molar-refractivity contribution in [3.8, 4) is 5.75 Å². The Labute approximate surface area is 157 Å². The summed E-state index contributed by atoms with van der Waals surface area (Å²) in [5.41, 5.74) is 1.03. The Morgan fingerprint density at radius 2 is 1.58 bits per heavy atom. The predicted octanol–water partition coefficient (Wildman–Crippen LogP) is 5.73. The fourth-order valence-corrected chi connectivity index (χ4v) is 2.99. The fourth-order valence-electron chi connectivity index (χ4n) is 2.99. The van der Waals surface area contributed by atoms with E-state index in [1.165, 1.54) is 38.5 Å². The zero-order valence-corrected chi connectivity index (χ0v) is 15.7. The van der Waals surface area contributed by atoms with Gasteiger partial charge >= 0.3 is 0 Å². The van der Waals surface area contributed by atoms with Crippen LogP contribution in [-0.2, 0) is 13.2 Å². The molecule has 3 nitrogen and oxygen atoms in total. The van der Waals surface area contributed by atoms with Crippen LogP contribution in [0.15, 0.2) is 66.1 Å². The molecular formula is C23H31NO2. The molecule has 0 fully saturated rings. The quantitative estimate of drug-likeness (QED) is 0.340. The minimum Gasteiger partial charge on any atom is -0.483 e. The summed E-state index contributed by atoms with van der Waals surface area (Å²) in [6.07, 6.45) is 13.6. The molecule has 0 atom stereocenters. The number of hydrogen-bond donors (Lipinski definition) is 0. The van der Waals surface area contributed by atoms with Gasteiger partial charge < -0.3 is 9.30 Å². The largest absolute Gasteiger partial charge is 0.483 e. The Morgan fingerprint density at radius 1 is 0.885 bits per heavy atom. The van der Waals surface area contributed by atoms with Gasteiger partial charge in [-0.3, -0.25) is 4.79 Å². The highest BCUT2D eigenvalue weighted by molar-refractivity contribution is 5.19. The van der Waals surface area contributed by atoms with Crippen LogP contribution in [0.1, 0.15) is 56.9 Å². The maximum atomic E-state index is 12.5. The van der Waals surface area contributed by atoms with E-state index in [2.05, 4.69) is 6.58 Å². The van der Waals surface area contributed by atoms with Crippen LogP contribution in [0.3, 0.4) is 0 Å². The molecule has 3 heteroatoms. The first kappa shape index (κ1) is 20.0. The minimum atomic E-state index is -0.0344. The average molecular weight is 354 g/mol. The summed E-state index contributed by atoms with van der Waals surface area (Å²) >= 11 is 0. The smallest absolute Gasteiger partial charge is 0.292 e. The number of rotatable bonds is 13. The maximum Gasteiger partial charge on any atom is 0.292 e. The summed E-state index contributed by atoms with van der Waals surface area (Å²) in [6, 6.07) is 13.6. The van der Waals surface area contributed by atoms with Gasteiger partial charge in [0.15, 0.2) is 5.75 Å². The van der Waals surface area contributed by atoms with Crippen LogP contribution in [0.25, 0.3) is 0 Å². The first-order valence-electron chi connectivity index (χ1n) is 9.78.